The van der Waals surface area contributed by atoms with E-state index in [1.807, 2.05) is 11.3 Å². The summed E-state index contributed by atoms with van der Waals surface area (Å²) >= 11 is 1.84. The molecule has 118 valence electrons. The van der Waals surface area contributed by atoms with Crippen molar-refractivity contribution in [2.45, 2.75) is 25.7 Å². The van der Waals surface area contributed by atoms with Gasteiger partial charge in [0.1, 0.15) is 17.0 Å². The summed E-state index contributed by atoms with van der Waals surface area (Å²) in [5.74, 6) is 0.941. The highest BCUT2D eigenvalue weighted by Gasteiger charge is 2.20. The van der Waals surface area contributed by atoms with Crippen LogP contribution in [-0.4, -0.2) is 9.97 Å². The number of hydrogen-bond donors (Lipinski definition) is 1. The van der Waals surface area contributed by atoms with E-state index in [2.05, 4.69) is 57.7 Å². The van der Waals surface area contributed by atoms with Crippen LogP contribution >= 0.6 is 11.3 Å². The number of anilines is 2. The van der Waals surface area contributed by atoms with Crippen LogP contribution in [0.15, 0.2) is 48.8 Å². The van der Waals surface area contributed by atoms with Crippen LogP contribution in [-0.2, 0) is 12.8 Å². The number of aromatic nitrogens is 2. The number of aryl methyl sites for hydroxylation is 2. The molecule has 1 aliphatic rings. The van der Waals surface area contributed by atoms with Crippen LogP contribution in [0.5, 0.6) is 0 Å². The summed E-state index contributed by atoms with van der Waals surface area (Å²) in [6.45, 7) is 0. The largest absolute Gasteiger partial charge is 0.339 e. The van der Waals surface area contributed by atoms with Crippen molar-refractivity contribution in [3.05, 3.63) is 59.2 Å². The van der Waals surface area contributed by atoms with Crippen molar-refractivity contribution in [1.82, 2.24) is 9.97 Å². The van der Waals surface area contributed by atoms with Crippen LogP contribution in [0.1, 0.15) is 23.3 Å². The summed E-state index contributed by atoms with van der Waals surface area (Å²) in [7, 11) is 0. The molecule has 0 spiro atoms. The molecule has 5 rings (SSSR count). The summed E-state index contributed by atoms with van der Waals surface area (Å²) < 4.78 is 0. The molecule has 2 heterocycles. The average Bonchev–Trinajstić information content (AvgIpc) is 3.02. The SMILES string of the molecule is c1ccc2c(Nc3ncnc4sc5c(c34)CCCC5)cccc2c1. The molecular formula is C20H17N3S. The van der Waals surface area contributed by atoms with Crippen molar-refractivity contribution in [2.24, 2.45) is 0 Å². The lowest BCUT2D eigenvalue weighted by Crippen LogP contribution is -2.01. The number of thiophene rings is 1. The molecule has 2 aromatic carbocycles. The van der Waals surface area contributed by atoms with E-state index < -0.39 is 0 Å². The van der Waals surface area contributed by atoms with E-state index in [0.29, 0.717) is 0 Å². The minimum atomic E-state index is 0.941. The number of fused-ring (bicyclic) bond motifs is 4. The molecule has 0 bridgehead atoms. The summed E-state index contributed by atoms with van der Waals surface area (Å²) in [5.41, 5.74) is 2.56. The number of hydrogen-bond acceptors (Lipinski definition) is 4. The van der Waals surface area contributed by atoms with E-state index in [-0.39, 0.29) is 0 Å². The Morgan fingerprint density at radius 3 is 2.79 bits per heavy atom. The predicted molar refractivity (Wildman–Crippen MR) is 101 cm³/mol. The van der Waals surface area contributed by atoms with Gasteiger partial charge in [-0.05, 0) is 42.7 Å². The van der Waals surface area contributed by atoms with Gasteiger partial charge in [-0.15, -0.1) is 11.3 Å². The molecule has 4 heteroatoms. The van der Waals surface area contributed by atoms with Crippen molar-refractivity contribution in [2.75, 3.05) is 5.32 Å². The fourth-order valence-corrected chi connectivity index (χ4v) is 4.88. The molecule has 1 N–H and O–H groups in total. The standard InChI is InChI=1S/C20H17N3S/c1-2-8-14-13(6-1)7-5-10-16(14)23-19-18-15-9-3-4-11-17(15)24-20(18)22-12-21-19/h1-2,5-8,10,12H,3-4,9,11H2,(H,21,22,23). The van der Waals surface area contributed by atoms with Gasteiger partial charge in [0.25, 0.3) is 0 Å². The Bertz CT molecular complexity index is 1050. The maximum absolute atomic E-state index is 4.57. The van der Waals surface area contributed by atoms with E-state index in [4.69, 9.17) is 0 Å². The molecule has 0 saturated heterocycles. The highest BCUT2D eigenvalue weighted by atomic mass is 32.1. The number of rotatable bonds is 2. The van der Waals surface area contributed by atoms with E-state index in [1.54, 1.807) is 6.33 Å². The first-order chi connectivity index (χ1) is 11.9. The summed E-state index contributed by atoms with van der Waals surface area (Å²) in [6, 6.07) is 14.8. The molecule has 4 aromatic rings. The number of nitrogens with zero attached hydrogens (tertiary/aromatic N) is 2. The Kier molecular flexibility index (Phi) is 3.23. The van der Waals surface area contributed by atoms with E-state index in [9.17, 15) is 0 Å². The first-order valence-electron chi connectivity index (χ1n) is 8.40. The molecule has 0 atom stereocenters. The third-order valence-electron chi connectivity index (χ3n) is 4.79. The number of nitrogens with one attached hydrogen (secondary N) is 1. The second-order valence-corrected chi connectivity index (χ2v) is 7.35. The molecule has 1 aliphatic carbocycles. The van der Waals surface area contributed by atoms with Crippen LogP contribution in [0.4, 0.5) is 11.5 Å². The second-order valence-electron chi connectivity index (χ2n) is 6.27. The van der Waals surface area contributed by atoms with Crippen molar-refractivity contribution < 1.29 is 0 Å². The summed E-state index contributed by atoms with van der Waals surface area (Å²) in [5, 5.41) is 7.26. The van der Waals surface area contributed by atoms with Gasteiger partial charge < -0.3 is 5.32 Å². The average molecular weight is 331 g/mol. The molecule has 0 unspecified atom stereocenters. The molecular weight excluding hydrogens is 314 g/mol. The van der Waals surface area contributed by atoms with Crippen molar-refractivity contribution in [1.29, 1.82) is 0 Å². The van der Waals surface area contributed by atoms with Gasteiger partial charge in [-0.3, -0.25) is 0 Å². The Hall–Kier alpha value is -2.46. The van der Waals surface area contributed by atoms with Crippen LogP contribution in [0.3, 0.4) is 0 Å². The van der Waals surface area contributed by atoms with Crippen LogP contribution in [0.25, 0.3) is 21.0 Å². The minimum absolute atomic E-state index is 0.941. The van der Waals surface area contributed by atoms with E-state index in [1.165, 1.54) is 45.9 Å². The van der Waals surface area contributed by atoms with Gasteiger partial charge >= 0.3 is 0 Å². The first kappa shape index (κ1) is 13.9. The second kappa shape index (κ2) is 5.56. The predicted octanol–water partition coefficient (Wildman–Crippen LogP) is 5.47. The molecule has 0 radical (unpaired) electrons. The van der Waals surface area contributed by atoms with Crippen LogP contribution < -0.4 is 5.32 Å². The first-order valence-corrected chi connectivity index (χ1v) is 9.22. The zero-order chi connectivity index (χ0) is 15.9. The van der Waals surface area contributed by atoms with Gasteiger partial charge in [0.05, 0.1) is 5.39 Å². The van der Waals surface area contributed by atoms with Gasteiger partial charge in [-0.2, -0.15) is 0 Å². The topological polar surface area (TPSA) is 37.8 Å². The van der Waals surface area contributed by atoms with Gasteiger partial charge in [0.2, 0.25) is 0 Å². The van der Waals surface area contributed by atoms with Gasteiger partial charge in [-0.1, -0.05) is 36.4 Å². The lowest BCUT2D eigenvalue weighted by molar-refractivity contribution is 0.700. The lowest BCUT2D eigenvalue weighted by Gasteiger charge is -2.13. The fourth-order valence-electron chi connectivity index (χ4n) is 3.65. The molecule has 0 saturated carbocycles. The zero-order valence-corrected chi connectivity index (χ0v) is 14.1. The summed E-state index contributed by atoms with van der Waals surface area (Å²) in [4.78, 5) is 11.7. The molecule has 24 heavy (non-hydrogen) atoms. The number of benzene rings is 2. The Balaban J connectivity index is 1.68. The van der Waals surface area contributed by atoms with Gasteiger partial charge in [0.15, 0.2) is 0 Å². The molecule has 0 aliphatic heterocycles. The molecule has 2 aromatic heterocycles. The Labute approximate surface area is 144 Å². The fraction of sp³-hybridized carbons (Fsp3) is 0.200. The third-order valence-corrected chi connectivity index (χ3v) is 5.99. The lowest BCUT2D eigenvalue weighted by atomic mass is 9.97. The van der Waals surface area contributed by atoms with Crippen molar-refractivity contribution >= 4 is 43.8 Å². The zero-order valence-electron chi connectivity index (χ0n) is 13.2. The maximum atomic E-state index is 4.57. The van der Waals surface area contributed by atoms with Crippen LogP contribution in [0.2, 0.25) is 0 Å². The van der Waals surface area contributed by atoms with Crippen molar-refractivity contribution in [3.63, 3.8) is 0 Å². The molecule has 0 amide bonds. The molecule has 0 fully saturated rings. The quantitative estimate of drug-likeness (QED) is 0.529. The van der Waals surface area contributed by atoms with Gasteiger partial charge in [-0.25, -0.2) is 9.97 Å². The third kappa shape index (κ3) is 2.18. The maximum Gasteiger partial charge on any atom is 0.142 e. The smallest absolute Gasteiger partial charge is 0.142 e. The Morgan fingerprint density at radius 2 is 1.79 bits per heavy atom. The van der Waals surface area contributed by atoms with Crippen LogP contribution in [0, 0.1) is 0 Å². The molecule has 3 nitrogen and oxygen atoms in total. The highest BCUT2D eigenvalue weighted by molar-refractivity contribution is 7.19. The summed E-state index contributed by atoms with van der Waals surface area (Å²) in [6.07, 6.45) is 6.56. The van der Waals surface area contributed by atoms with E-state index >= 15 is 0 Å². The minimum Gasteiger partial charge on any atom is -0.339 e. The van der Waals surface area contributed by atoms with E-state index in [0.717, 1.165) is 22.8 Å². The normalized spacial score (nSPS) is 14.0. The van der Waals surface area contributed by atoms with Gasteiger partial charge in [0, 0.05) is 16.0 Å². The van der Waals surface area contributed by atoms with Crippen molar-refractivity contribution in [3.8, 4) is 0 Å². The highest BCUT2D eigenvalue weighted by Crippen LogP contribution is 2.39. The monoisotopic (exact) mass is 331 g/mol. The Morgan fingerprint density at radius 1 is 0.917 bits per heavy atom.